The molecule has 0 radical (unpaired) electrons. The largest absolute Gasteiger partial charge is 0.494 e. The lowest BCUT2D eigenvalue weighted by Gasteiger charge is -2.11. The van der Waals surface area contributed by atoms with E-state index in [9.17, 15) is 10.1 Å². The van der Waals surface area contributed by atoms with Gasteiger partial charge < -0.3 is 19.5 Å². The fourth-order valence-corrected chi connectivity index (χ4v) is 2.66. The molecule has 0 aliphatic carbocycles. The lowest BCUT2D eigenvalue weighted by molar-refractivity contribution is -0.112. The van der Waals surface area contributed by atoms with E-state index in [1.807, 2.05) is 13.0 Å². The molecule has 140 valence electrons. The van der Waals surface area contributed by atoms with Crippen molar-refractivity contribution >= 4 is 29.3 Å². The Hall–Kier alpha value is -3.17. The van der Waals surface area contributed by atoms with Gasteiger partial charge in [-0.05, 0) is 42.8 Å². The molecule has 0 aromatic heterocycles. The zero-order valence-electron chi connectivity index (χ0n) is 15.2. The van der Waals surface area contributed by atoms with Crippen LogP contribution in [-0.2, 0) is 4.79 Å². The predicted molar refractivity (Wildman–Crippen MR) is 104 cm³/mol. The standard InChI is InChI=1S/C20H19ClN2O4/c1-4-27-16-7-5-6-15(11-16)23-20(24)14(12-22)8-13-9-17(21)19(26-3)18(10-13)25-2/h5-11H,4H2,1-3H3,(H,23,24)/b14-8-. The van der Waals surface area contributed by atoms with Crippen molar-refractivity contribution in [1.82, 2.24) is 0 Å². The van der Waals surface area contributed by atoms with Crippen molar-refractivity contribution in [3.8, 4) is 23.3 Å². The minimum Gasteiger partial charge on any atom is -0.494 e. The molecule has 2 aromatic carbocycles. The first-order valence-corrected chi connectivity index (χ1v) is 8.47. The number of carbonyl (C=O) groups is 1. The summed E-state index contributed by atoms with van der Waals surface area (Å²) in [6.45, 7) is 2.39. The molecule has 0 heterocycles. The topological polar surface area (TPSA) is 80.6 Å². The van der Waals surface area contributed by atoms with Crippen LogP contribution in [0.1, 0.15) is 12.5 Å². The van der Waals surface area contributed by atoms with Gasteiger partial charge in [0.1, 0.15) is 17.4 Å². The minimum atomic E-state index is -0.544. The number of nitrogens with one attached hydrogen (secondary N) is 1. The molecule has 1 amide bonds. The smallest absolute Gasteiger partial charge is 0.266 e. The molecule has 0 atom stereocenters. The maximum absolute atomic E-state index is 12.4. The molecular formula is C20H19ClN2O4. The maximum Gasteiger partial charge on any atom is 0.266 e. The number of hydrogen-bond donors (Lipinski definition) is 1. The molecule has 0 saturated carbocycles. The molecule has 2 aromatic rings. The zero-order valence-corrected chi connectivity index (χ0v) is 16.0. The van der Waals surface area contributed by atoms with Crippen molar-refractivity contribution in [2.75, 3.05) is 26.1 Å². The van der Waals surface area contributed by atoms with Gasteiger partial charge in [-0.3, -0.25) is 4.79 Å². The zero-order chi connectivity index (χ0) is 19.8. The average Bonchev–Trinajstić information content (AvgIpc) is 2.66. The van der Waals surface area contributed by atoms with Crippen LogP contribution in [0.4, 0.5) is 5.69 Å². The predicted octanol–water partition coefficient (Wildman–Crippen LogP) is 4.30. The highest BCUT2D eigenvalue weighted by Crippen LogP contribution is 2.36. The lowest BCUT2D eigenvalue weighted by atomic mass is 10.1. The van der Waals surface area contributed by atoms with Gasteiger partial charge in [-0.1, -0.05) is 17.7 Å². The summed E-state index contributed by atoms with van der Waals surface area (Å²) in [5.41, 5.74) is 0.977. The van der Waals surface area contributed by atoms with Crippen LogP contribution >= 0.6 is 11.6 Å². The monoisotopic (exact) mass is 386 g/mol. The van der Waals surface area contributed by atoms with E-state index in [0.29, 0.717) is 40.1 Å². The van der Waals surface area contributed by atoms with Crippen molar-refractivity contribution < 1.29 is 19.0 Å². The second-order valence-electron chi connectivity index (χ2n) is 5.32. The van der Waals surface area contributed by atoms with Gasteiger partial charge in [0.05, 0.1) is 25.8 Å². The number of methoxy groups -OCH3 is 2. The number of rotatable bonds is 7. The van der Waals surface area contributed by atoms with E-state index in [2.05, 4.69) is 5.32 Å². The Morgan fingerprint density at radius 1 is 1.26 bits per heavy atom. The van der Waals surface area contributed by atoms with Crippen LogP contribution in [-0.4, -0.2) is 26.7 Å². The van der Waals surface area contributed by atoms with Gasteiger partial charge in [0, 0.05) is 11.8 Å². The van der Waals surface area contributed by atoms with E-state index in [1.165, 1.54) is 20.3 Å². The van der Waals surface area contributed by atoms with Crippen LogP contribution in [0, 0.1) is 11.3 Å². The summed E-state index contributed by atoms with van der Waals surface area (Å²) in [6, 6.07) is 12.0. The van der Waals surface area contributed by atoms with Crippen molar-refractivity contribution in [3.63, 3.8) is 0 Å². The summed E-state index contributed by atoms with van der Waals surface area (Å²) >= 11 is 6.16. The van der Waals surface area contributed by atoms with Gasteiger partial charge in [0.2, 0.25) is 0 Å². The molecule has 0 fully saturated rings. The highest BCUT2D eigenvalue weighted by Gasteiger charge is 2.13. The first-order chi connectivity index (χ1) is 13.0. The number of halogens is 1. The minimum absolute atomic E-state index is 0.0832. The Labute approximate surface area is 162 Å². The highest BCUT2D eigenvalue weighted by atomic mass is 35.5. The van der Waals surface area contributed by atoms with Gasteiger partial charge in [-0.25, -0.2) is 0 Å². The van der Waals surface area contributed by atoms with Crippen LogP contribution in [0.25, 0.3) is 6.08 Å². The molecule has 0 saturated heterocycles. The Balaban J connectivity index is 2.28. The number of carbonyl (C=O) groups excluding carboxylic acids is 1. The van der Waals surface area contributed by atoms with Crippen molar-refractivity contribution in [3.05, 3.63) is 52.6 Å². The van der Waals surface area contributed by atoms with Crippen LogP contribution in [0.2, 0.25) is 5.02 Å². The van der Waals surface area contributed by atoms with Crippen molar-refractivity contribution in [2.24, 2.45) is 0 Å². The molecule has 0 unspecified atom stereocenters. The number of nitrogens with zero attached hydrogens (tertiary/aromatic N) is 1. The second-order valence-corrected chi connectivity index (χ2v) is 5.73. The summed E-state index contributed by atoms with van der Waals surface area (Å²) < 4.78 is 15.8. The maximum atomic E-state index is 12.4. The van der Waals surface area contributed by atoms with E-state index in [4.69, 9.17) is 25.8 Å². The fraction of sp³-hybridized carbons (Fsp3) is 0.200. The second kappa shape index (κ2) is 9.51. The van der Waals surface area contributed by atoms with E-state index in [1.54, 1.807) is 36.4 Å². The van der Waals surface area contributed by atoms with Crippen LogP contribution < -0.4 is 19.5 Å². The average molecular weight is 387 g/mol. The fourth-order valence-electron chi connectivity index (χ4n) is 2.37. The third kappa shape index (κ3) is 5.16. The molecular weight excluding hydrogens is 368 g/mol. The van der Waals surface area contributed by atoms with E-state index >= 15 is 0 Å². The van der Waals surface area contributed by atoms with Gasteiger partial charge in [0.25, 0.3) is 5.91 Å². The Kier molecular flexibility index (Phi) is 7.09. The Bertz CT molecular complexity index is 903. The molecule has 0 aliphatic rings. The van der Waals surface area contributed by atoms with Gasteiger partial charge in [-0.15, -0.1) is 0 Å². The molecule has 27 heavy (non-hydrogen) atoms. The van der Waals surface area contributed by atoms with Crippen LogP contribution in [0.3, 0.4) is 0 Å². The van der Waals surface area contributed by atoms with Crippen molar-refractivity contribution in [1.29, 1.82) is 5.26 Å². The Morgan fingerprint density at radius 2 is 2.04 bits per heavy atom. The molecule has 6 nitrogen and oxygen atoms in total. The molecule has 0 spiro atoms. The molecule has 7 heteroatoms. The quantitative estimate of drug-likeness (QED) is 0.566. The SMILES string of the molecule is CCOc1cccc(NC(=O)/C(C#N)=C\c2cc(Cl)c(OC)c(OC)c2)c1. The number of anilines is 1. The lowest BCUT2D eigenvalue weighted by Crippen LogP contribution is -2.13. The number of nitriles is 1. The highest BCUT2D eigenvalue weighted by molar-refractivity contribution is 6.32. The molecule has 0 bridgehead atoms. The third-order valence-electron chi connectivity index (χ3n) is 3.53. The summed E-state index contributed by atoms with van der Waals surface area (Å²) in [5, 5.41) is 12.4. The Morgan fingerprint density at radius 3 is 2.67 bits per heavy atom. The first kappa shape index (κ1) is 20.1. The van der Waals surface area contributed by atoms with Gasteiger partial charge in [-0.2, -0.15) is 5.26 Å². The molecule has 0 aliphatic heterocycles. The number of hydrogen-bond acceptors (Lipinski definition) is 5. The number of ether oxygens (including phenoxy) is 3. The summed E-state index contributed by atoms with van der Waals surface area (Å²) in [5.74, 6) is 0.867. The van der Waals surface area contributed by atoms with E-state index in [-0.39, 0.29) is 5.57 Å². The number of amides is 1. The van der Waals surface area contributed by atoms with E-state index in [0.717, 1.165) is 0 Å². The summed E-state index contributed by atoms with van der Waals surface area (Å²) in [6.07, 6.45) is 1.43. The normalized spacial score (nSPS) is 10.7. The summed E-state index contributed by atoms with van der Waals surface area (Å²) in [4.78, 5) is 12.4. The molecule has 1 N–H and O–H groups in total. The third-order valence-corrected chi connectivity index (χ3v) is 3.82. The summed E-state index contributed by atoms with van der Waals surface area (Å²) in [7, 11) is 2.95. The van der Waals surface area contributed by atoms with Crippen molar-refractivity contribution in [2.45, 2.75) is 6.92 Å². The first-order valence-electron chi connectivity index (χ1n) is 8.09. The van der Waals surface area contributed by atoms with Gasteiger partial charge in [0.15, 0.2) is 11.5 Å². The number of benzene rings is 2. The van der Waals surface area contributed by atoms with Crippen LogP contribution in [0.15, 0.2) is 42.0 Å². The molecule has 2 rings (SSSR count). The van der Waals surface area contributed by atoms with Crippen LogP contribution in [0.5, 0.6) is 17.2 Å². The van der Waals surface area contributed by atoms with Gasteiger partial charge >= 0.3 is 0 Å². The van der Waals surface area contributed by atoms with E-state index < -0.39 is 5.91 Å².